The smallest absolute Gasteiger partial charge is 0.243 e. The van der Waals surface area contributed by atoms with E-state index in [0.29, 0.717) is 18.0 Å². The van der Waals surface area contributed by atoms with Crippen molar-refractivity contribution in [3.63, 3.8) is 0 Å². The molecule has 0 unspecified atom stereocenters. The normalized spacial score (nSPS) is 12.6. The lowest BCUT2D eigenvalue weighted by molar-refractivity contribution is 0.326. The lowest BCUT2D eigenvalue weighted by Gasteiger charge is -2.24. The molecule has 2 rings (SSSR count). The molecule has 5 nitrogen and oxygen atoms in total. The molecule has 6 heteroatoms. The summed E-state index contributed by atoms with van der Waals surface area (Å²) in [5.74, 6) is 0. The summed E-state index contributed by atoms with van der Waals surface area (Å²) in [5, 5.41) is 2.01. The molecule has 0 amide bonds. The minimum Gasteiger partial charge on any atom is -0.309 e. The summed E-state index contributed by atoms with van der Waals surface area (Å²) < 4.78 is 28.1. The third kappa shape index (κ3) is 5.77. The molecule has 0 bridgehead atoms. The Balaban J connectivity index is 2.22. The van der Waals surface area contributed by atoms with E-state index in [1.54, 1.807) is 16.4 Å². The molecule has 0 saturated heterocycles. The predicted molar refractivity (Wildman–Crippen MR) is 109 cm³/mol. The molecule has 0 aliphatic carbocycles. The first-order chi connectivity index (χ1) is 12.3. The first kappa shape index (κ1) is 20.8. The SMILES string of the molecule is CN(C)CCCN(CCCN(C)C)S(=O)(=O)c1ccc2ccccc2c1. The van der Waals surface area contributed by atoms with Gasteiger partial charge in [0.2, 0.25) is 10.0 Å². The van der Waals surface area contributed by atoms with Gasteiger partial charge in [0.05, 0.1) is 4.90 Å². The molecule has 0 spiro atoms. The van der Waals surface area contributed by atoms with E-state index in [0.717, 1.165) is 36.7 Å². The van der Waals surface area contributed by atoms with Crippen LogP contribution in [-0.4, -0.2) is 76.9 Å². The van der Waals surface area contributed by atoms with Crippen molar-refractivity contribution in [2.24, 2.45) is 0 Å². The Bertz CT molecular complexity index is 790. The first-order valence-electron chi connectivity index (χ1n) is 9.09. The van der Waals surface area contributed by atoms with Crippen LogP contribution in [0.1, 0.15) is 12.8 Å². The van der Waals surface area contributed by atoms with Crippen LogP contribution in [0.15, 0.2) is 47.4 Å². The van der Waals surface area contributed by atoms with Gasteiger partial charge >= 0.3 is 0 Å². The van der Waals surface area contributed by atoms with Crippen LogP contribution >= 0.6 is 0 Å². The summed E-state index contributed by atoms with van der Waals surface area (Å²) in [7, 11) is 4.54. The average molecular weight is 378 g/mol. The third-order valence-corrected chi connectivity index (χ3v) is 6.28. The van der Waals surface area contributed by atoms with Crippen LogP contribution in [0.25, 0.3) is 10.8 Å². The summed E-state index contributed by atoms with van der Waals surface area (Å²) in [6.45, 7) is 2.83. The van der Waals surface area contributed by atoms with Crippen LogP contribution in [0, 0.1) is 0 Å². The molecule has 0 aliphatic rings. The van der Waals surface area contributed by atoms with Gasteiger partial charge in [-0.25, -0.2) is 8.42 Å². The third-order valence-electron chi connectivity index (χ3n) is 4.38. The maximum atomic E-state index is 13.2. The summed E-state index contributed by atoms with van der Waals surface area (Å²) >= 11 is 0. The largest absolute Gasteiger partial charge is 0.309 e. The minimum atomic E-state index is -3.49. The highest BCUT2D eigenvalue weighted by atomic mass is 32.2. The summed E-state index contributed by atoms with van der Waals surface area (Å²) in [6, 6.07) is 13.3. The first-order valence-corrected chi connectivity index (χ1v) is 10.5. The van der Waals surface area contributed by atoms with Crippen molar-refractivity contribution < 1.29 is 8.42 Å². The van der Waals surface area contributed by atoms with E-state index in [9.17, 15) is 8.42 Å². The molecule has 0 fully saturated rings. The van der Waals surface area contributed by atoms with Gasteiger partial charge < -0.3 is 9.80 Å². The molecule has 0 radical (unpaired) electrons. The fourth-order valence-corrected chi connectivity index (χ4v) is 4.51. The van der Waals surface area contributed by atoms with Crippen molar-refractivity contribution in [3.05, 3.63) is 42.5 Å². The maximum Gasteiger partial charge on any atom is 0.243 e. The van der Waals surface area contributed by atoms with Crippen molar-refractivity contribution in [3.8, 4) is 0 Å². The van der Waals surface area contributed by atoms with Gasteiger partial charge in [0.25, 0.3) is 0 Å². The molecule has 0 heterocycles. The van der Waals surface area contributed by atoms with E-state index in [-0.39, 0.29) is 0 Å². The number of sulfonamides is 1. The van der Waals surface area contributed by atoms with Crippen LogP contribution in [0.2, 0.25) is 0 Å². The Hall–Kier alpha value is -1.47. The molecule has 2 aromatic rings. The molecular formula is C20H31N3O2S. The van der Waals surface area contributed by atoms with Gasteiger partial charge in [-0.1, -0.05) is 30.3 Å². The molecule has 0 saturated carbocycles. The van der Waals surface area contributed by atoms with Crippen LogP contribution in [-0.2, 0) is 10.0 Å². The van der Waals surface area contributed by atoms with Crippen LogP contribution < -0.4 is 0 Å². The fourth-order valence-electron chi connectivity index (χ4n) is 2.96. The number of fused-ring (bicyclic) bond motifs is 1. The Kier molecular flexibility index (Phi) is 7.58. The molecule has 144 valence electrons. The van der Waals surface area contributed by atoms with E-state index in [1.165, 1.54) is 0 Å². The second kappa shape index (κ2) is 9.46. The lowest BCUT2D eigenvalue weighted by Crippen LogP contribution is -2.35. The van der Waals surface area contributed by atoms with Crippen molar-refractivity contribution in [2.75, 3.05) is 54.4 Å². The van der Waals surface area contributed by atoms with Crippen molar-refractivity contribution >= 4 is 20.8 Å². The number of benzene rings is 2. The Morgan fingerprint density at radius 1 is 0.731 bits per heavy atom. The quantitative estimate of drug-likeness (QED) is 0.639. The maximum absolute atomic E-state index is 13.2. The summed E-state index contributed by atoms with van der Waals surface area (Å²) in [5.41, 5.74) is 0. The van der Waals surface area contributed by atoms with Gasteiger partial charge in [-0.15, -0.1) is 0 Å². The summed E-state index contributed by atoms with van der Waals surface area (Å²) in [4.78, 5) is 4.55. The van der Waals surface area contributed by atoms with E-state index in [1.807, 2.05) is 58.5 Å². The standard InChI is InChI=1S/C20H31N3O2S/c1-21(2)13-7-15-23(16-8-14-22(3)4)26(24,25)20-12-11-18-9-5-6-10-19(18)17-20/h5-6,9-12,17H,7-8,13-16H2,1-4H3. The van der Waals surface area contributed by atoms with Crippen molar-refractivity contribution in [1.29, 1.82) is 0 Å². The van der Waals surface area contributed by atoms with Gasteiger partial charge in [-0.05, 0) is 77.0 Å². The van der Waals surface area contributed by atoms with Crippen molar-refractivity contribution in [2.45, 2.75) is 17.7 Å². The second-order valence-corrected chi connectivity index (χ2v) is 9.16. The van der Waals surface area contributed by atoms with Crippen LogP contribution in [0.5, 0.6) is 0 Å². The average Bonchev–Trinajstić information content (AvgIpc) is 2.59. The van der Waals surface area contributed by atoms with Gasteiger partial charge in [0, 0.05) is 13.1 Å². The Morgan fingerprint density at radius 2 is 1.27 bits per heavy atom. The summed E-state index contributed by atoms with van der Waals surface area (Å²) in [6.07, 6.45) is 1.64. The highest BCUT2D eigenvalue weighted by Gasteiger charge is 2.24. The molecule has 0 aromatic heterocycles. The fraction of sp³-hybridized carbons (Fsp3) is 0.500. The second-order valence-electron chi connectivity index (χ2n) is 7.23. The van der Waals surface area contributed by atoms with Crippen LogP contribution in [0.3, 0.4) is 0 Å². The van der Waals surface area contributed by atoms with Gasteiger partial charge in [-0.3, -0.25) is 0 Å². The predicted octanol–water partition coefficient (Wildman–Crippen LogP) is 2.73. The number of rotatable bonds is 10. The van der Waals surface area contributed by atoms with E-state index < -0.39 is 10.0 Å². The zero-order chi connectivity index (χ0) is 19.2. The molecule has 26 heavy (non-hydrogen) atoms. The van der Waals surface area contributed by atoms with Gasteiger partial charge in [-0.2, -0.15) is 4.31 Å². The topological polar surface area (TPSA) is 43.9 Å². The zero-order valence-corrected chi connectivity index (χ0v) is 17.2. The van der Waals surface area contributed by atoms with E-state index >= 15 is 0 Å². The zero-order valence-electron chi connectivity index (χ0n) is 16.4. The molecule has 0 atom stereocenters. The molecule has 0 aliphatic heterocycles. The number of hydrogen-bond donors (Lipinski definition) is 0. The number of nitrogens with zero attached hydrogens (tertiary/aromatic N) is 3. The Morgan fingerprint density at radius 3 is 1.81 bits per heavy atom. The lowest BCUT2D eigenvalue weighted by atomic mass is 10.1. The van der Waals surface area contributed by atoms with Crippen molar-refractivity contribution in [1.82, 2.24) is 14.1 Å². The monoisotopic (exact) mass is 377 g/mol. The molecule has 2 aromatic carbocycles. The molecule has 0 N–H and O–H groups in total. The highest BCUT2D eigenvalue weighted by molar-refractivity contribution is 7.89. The Labute approximate surface area is 158 Å². The number of hydrogen-bond acceptors (Lipinski definition) is 4. The van der Waals surface area contributed by atoms with E-state index in [2.05, 4.69) is 9.80 Å². The molecular weight excluding hydrogens is 346 g/mol. The minimum absolute atomic E-state index is 0.380. The van der Waals surface area contributed by atoms with Crippen LogP contribution in [0.4, 0.5) is 0 Å². The highest BCUT2D eigenvalue weighted by Crippen LogP contribution is 2.22. The van der Waals surface area contributed by atoms with Gasteiger partial charge in [0.1, 0.15) is 0 Å². The van der Waals surface area contributed by atoms with E-state index in [4.69, 9.17) is 0 Å². The van der Waals surface area contributed by atoms with Gasteiger partial charge in [0.15, 0.2) is 0 Å².